The maximum atomic E-state index is 14.1. The van der Waals surface area contributed by atoms with Crippen LogP contribution in [0, 0.1) is 5.82 Å². The third-order valence-corrected chi connectivity index (χ3v) is 5.65. The van der Waals surface area contributed by atoms with Gasteiger partial charge in [-0.15, -0.1) is 5.10 Å². The molecule has 144 valence electrons. The highest BCUT2D eigenvalue weighted by Crippen LogP contribution is 2.37. The number of nitrogens with zero attached hydrogens (tertiary/aromatic N) is 5. The number of carbonyl (C=O) groups excluding carboxylic acids is 1. The van der Waals surface area contributed by atoms with Crippen molar-refractivity contribution >= 4 is 17.4 Å². The normalized spacial score (nSPS) is 22.2. The van der Waals surface area contributed by atoms with Gasteiger partial charge in [0.15, 0.2) is 11.3 Å². The van der Waals surface area contributed by atoms with Gasteiger partial charge in [-0.05, 0) is 56.4 Å². The molecule has 7 nitrogen and oxygen atoms in total. The van der Waals surface area contributed by atoms with Crippen molar-refractivity contribution in [2.45, 2.75) is 44.7 Å². The van der Waals surface area contributed by atoms with Crippen molar-refractivity contribution in [3.63, 3.8) is 0 Å². The minimum Gasteiger partial charge on any atom is -0.348 e. The molecule has 3 aromatic heterocycles. The Balaban J connectivity index is 1.69. The van der Waals surface area contributed by atoms with E-state index in [1.807, 2.05) is 19.1 Å². The number of carbonyl (C=O) groups is 1. The van der Waals surface area contributed by atoms with Crippen molar-refractivity contribution in [1.29, 1.82) is 0 Å². The molecule has 2 unspecified atom stereocenters. The van der Waals surface area contributed by atoms with Crippen molar-refractivity contribution in [1.82, 2.24) is 24.9 Å². The molecule has 1 saturated heterocycles. The molecule has 5 rings (SSSR count). The van der Waals surface area contributed by atoms with Crippen LogP contribution in [0.5, 0.6) is 0 Å². The Morgan fingerprint density at radius 3 is 3.00 bits per heavy atom. The summed E-state index contributed by atoms with van der Waals surface area (Å²) in [7, 11) is 0. The molecule has 2 aliphatic rings. The van der Waals surface area contributed by atoms with Gasteiger partial charge in [-0.3, -0.25) is 9.78 Å². The zero-order valence-electron chi connectivity index (χ0n) is 15.6. The predicted molar refractivity (Wildman–Crippen MR) is 102 cm³/mol. The number of aryl methyl sites for hydroxylation is 1. The van der Waals surface area contributed by atoms with E-state index in [2.05, 4.69) is 20.2 Å². The first-order valence-electron chi connectivity index (χ1n) is 9.67. The number of fused-ring (bicyclic) bond motifs is 5. The maximum absolute atomic E-state index is 14.1. The van der Waals surface area contributed by atoms with E-state index in [9.17, 15) is 9.18 Å². The average Bonchev–Trinajstić information content (AvgIpc) is 3.32. The predicted octanol–water partition coefficient (Wildman–Crippen LogP) is 2.67. The Morgan fingerprint density at radius 1 is 1.21 bits per heavy atom. The number of aromatic nitrogens is 4. The molecule has 2 aliphatic heterocycles. The Morgan fingerprint density at radius 2 is 2.11 bits per heavy atom. The SMILES string of the molecule is CC1CCc2ncc(F)cc2C2CCCN2c2ccc3ncc(n3n2)C(=O)N1. The molecule has 5 heterocycles. The molecule has 8 heteroatoms. The van der Waals surface area contributed by atoms with E-state index >= 15 is 0 Å². The van der Waals surface area contributed by atoms with Crippen LogP contribution in [0.2, 0.25) is 0 Å². The number of halogens is 1. The molecule has 2 bridgehead atoms. The van der Waals surface area contributed by atoms with E-state index in [1.165, 1.54) is 6.20 Å². The Bertz CT molecular complexity index is 1060. The van der Waals surface area contributed by atoms with E-state index in [0.717, 1.165) is 42.9 Å². The number of hydrogen-bond acceptors (Lipinski definition) is 5. The number of nitrogens with one attached hydrogen (secondary N) is 1. The van der Waals surface area contributed by atoms with Crippen molar-refractivity contribution in [3.05, 3.63) is 53.4 Å². The zero-order chi connectivity index (χ0) is 19.3. The quantitative estimate of drug-likeness (QED) is 0.649. The molecule has 3 aromatic rings. The highest BCUT2D eigenvalue weighted by atomic mass is 19.1. The van der Waals surface area contributed by atoms with Crippen LogP contribution < -0.4 is 10.2 Å². The van der Waals surface area contributed by atoms with Gasteiger partial charge in [-0.25, -0.2) is 13.9 Å². The van der Waals surface area contributed by atoms with E-state index in [-0.39, 0.29) is 23.8 Å². The van der Waals surface area contributed by atoms with Crippen LogP contribution in [-0.4, -0.2) is 38.1 Å². The summed E-state index contributed by atoms with van der Waals surface area (Å²) in [4.78, 5) is 23.6. The largest absolute Gasteiger partial charge is 0.348 e. The lowest BCUT2D eigenvalue weighted by molar-refractivity contribution is 0.0931. The standard InChI is InChI=1S/C20H21FN6O/c1-12-4-5-15-14(9-13(21)10-22-15)16-3-2-8-26(16)19-7-6-18-23-11-17(20(28)24-12)27(18)25-19/h6-7,9-12,16H,2-5,8H2,1H3,(H,24,28). The second-order valence-corrected chi connectivity index (χ2v) is 7.56. The lowest BCUT2D eigenvalue weighted by Gasteiger charge is -2.27. The van der Waals surface area contributed by atoms with Crippen molar-refractivity contribution < 1.29 is 9.18 Å². The van der Waals surface area contributed by atoms with E-state index in [4.69, 9.17) is 5.10 Å². The fourth-order valence-corrected chi connectivity index (χ4v) is 4.24. The molecule has 0 saturated carbocycles. The van der Waals surface area contributed by atoms with Crippen LogP contribution in [-0.2, 0) is 6.42 Å². The van der Waals surface area contributed by atoms with Gasteiger partial charge in [0.05, 0.1) is 18.4 Å². The first kappa shape index (κ1) is 17.1. The maximum Gasteiger partial charge on any atom is 0.271 e. The zero-order valence-corrected chi connectivity index (χ0v) is 15.6. The molecule has 1 fully saturated rings. The molecule has 0 aliphatic carbocycles. The molecular formula is C20H21FN6O. The lowest BCUT2D eigenvalue weighted by Crippen LogP contribution is -2.33. The van der Waals surface area contributed by atoms with Crippen molar-refractivity contribution in [2.24, 2.45) is 0 Å². The summed E-state index contributed by atoms with van der Waals surface area (Å²) in [5, 5.41) is 7.71. The minimum absolute atomic E-state index is 0.0230. The smallest absolute Gasteiger partial charge is 0.271 e. The average molecular weight is 380 g/mol. The number of anilines is 1. The lowest BCUT2D eigenvalue weighted by atomic mass is 9.98. The van der Waals surface area contributed by atoms with Gasteiger partial charge in [0, 0.05) is 18.3 Å². The van der Waals surface area contributed by atoms with E-state index < -0.39 is 0 Å². The minimum atomic E-state index is -0.323. The first-order chi connectivity index (χ1) is 13.6. The van der Waals surface area contributed by atoms with Gasteiger partial charge < -0.3 is 10.2 Å². The Kier molecular flexibility index (Phi) is 3.99. The van der Waals surface area contributed by atoms with Gasteiger partial charge >= 0.3 is 0 Å². The number of rotatable bonds is 0. The summed E-state index contributed by atoms with van der Waals surface area (Å²) in [6.45, 7) is 2.79. The van der Waals surface area contributed by atoms with Crippen LogP contribution in [0.25, 0.3) is 5.65 Å². The van der Waals surface area contributed by atoms with Crippen LogP contribution in [0.4, 0.5) is 10.2 Å². The highest BCUT2D eigenvalue weighted by Gasteiger charge is 2.31. The number of amides is 1. The monoisotopic (exact) mass is 380 g/mol. The Hall–Kier alpha value is -3.03. The molecule has 0 spiro atoms. The third kappa shape index (κ3) is 2.80. The fourth-order valence-electron chi connectivity index (χ4n) is 4.24. The number of imidazole rings is 1. The summed E-state index contributed by atoms with van der Waals surface area (Å²) in [6, 6.07) is 5.35. The summed E-state index contributed by atoms with van der Waals surface area (Å²) < 4.78 is 15.6. The first-order valence-corrected chi connectivity index (χ1v) is 9.67. The summed E-state index contributed by atoms with van der Waals surface area (Å²) in [5.74, 6) is 0.232. The summed E-state index contributed by atoms with van der Waals surface area (Å²) in [6.07, 6.45) is 6.14. The van der Waals surface area contributed by atoms with Crippen LogP contribution >= 0.6 is 0 Å². The van der Waals surface area contributed by atoms with Gasteiger partial charge in [0.1, 0.15) is 11.6 Å². The third-order valence-electron chi connectivity index (χ3n) is 5.65. The van der Waals surface area contributed by atoms with Gasteiger partial charge in [-0.1, -0.05) is 0 Å². The number of hydrogen-bond donors (Lipinski definition) is 1. The van der Waals surface area contributed by atoms with E-state index in [1.54, 1.807) is 16.8 Å². The van der Waals surface area contributed by atoms with Crippen LogP contribution in [0.15, 0.2) is 30.6 Å². The molecule has 0 radical (unpaired) electrons. The second kappa shape index (κ2) is 6.54. The molecule has 0 aromatic carbocycles. The Labute approximate surface area is 161 Å². The topological polar surface area (TPSA) is 75.4 Å². The molecule has 28 heavy (non-hydrogen) atoms. The van der Waals surface area contributed by atoms with Crippen LogP contribution in [0.3, 0.4) is 0 Å². The van der Waals surface area contributed by atoms with Crippen LogP contribution in [0.1, 0.15) is 54.0 Å². The van der Waals surface area contributed by atoms with Gasteiger partial charge in [0.25, 0.3) is 5.91 Å². The highest BCUT2D eigenvalue weighted by molar-refractivity contribution is 5.93. The fraction of sp³-hybridized carbons (Fsp3) is 0.400. The van der Waals surface area contributed by atoms with Gasteiger partial charge in [-0.2, -0.15) is 0 Å². The summed E-state index contributed by atoms with van der Waals surface area (Å²) in [5.41, 5.74) is 2.85. The summed E-state index contributed by atoms with van der Waals surface area (Å²) >= 11 is 0. The van der Waals surface area contributed by atoms with Crippen molar-refractivity contribution in [3.8, 4) is 0 Å². The molecule has 1 N–H and O–H groups in total. The molecule has 1 amide bonds. The number of pyridine rings is 1. The van der Waals surface area contributed by atoms with E-state index in [0.29, 0.717) is 17.8 Å². The second-order valence-electron chi connectivity index (χ2n) is 7.56. The molecule has 2 atom stereocenters. The van der Waals surface area contributed by atoms with Crippen molar-refractivity contribution in [2.75, 3.05) is 11.4 Å². The van der Waals surface area contributed by atoms with Gasteiger partial charge in [0.2, 0.25) is 0 Å². The molecular weight excluding hydrogens is 359 g/mol.